The molecule has 2 heteroatoms. The van der Waals surface area contributed by atoms with Gasteiger partial charge < -0.3 is 4.74 Å². The highest BCUT2D eigenvalue weighted by atomic mass is 79.9. The van der Waals surface area contributed by atoms with Gasteiger partial charge >= 0.3 is 0 Å². The van der Waals surface area contributed by atoms with Gasteiger partial charge in [0, 0.05) is 21.0 Å². The van der Waals surface area contributed by atoms with Crippen LogP contribution in [0.2, 0.25) is 0 Å². The second kappa shape index (κ2) is 6.86. The molecule has 1 heterocycles. The summed E-state index contributed by atoms with van der Waals surface area (Å²) in [4.78, 5) is 0. The molecule has 0 aliphatic carbocycles. The number of fused-ring (bicyclic) bond motifs is 2. The summed E-state index contributed by atoms with van der Waals surface area (Å²) in [7, 11) is 0. The highest BCUT2D eigenvalue weighted by Crippen LogP contribution is 2.50. The first-order valence-electron chi connectivity index (χ1n) is 9.97. The van der Waals surface area contributed by atoms with Gasteiger partial charge in [0.05, 0.1) is 0 Å². The number of para-hydroxylation sites is 1. The Balaban J connectivity index is 1.54. The normalized spacial score (nSPS) is 11.8. The van der Waals surface area contributed by atoms with Crippen molar-refractivity contribution in [2.24, 2.45) is 0 Å². The molecule has 0 spiro atoms. The molecule has 0 fully saturated rings. The van der Waals surface area contributed by atoms with Crippen molar-refractivity contribution in [3.63, 3.8) is 0 Å². The molecule has 0 saturated carbocycles. The van der Waals surface area contributed by atoms with E-state index in [4.69, 9.17) is 4.74 Å². The monoisotopic (exact) mass is 448 g/mol. The second-order valence-electron chi connectivity index (χ2n) is 7.53. The summed E-state index contributed by atoms with van der Waals surface area (Å²) in [6, 6.07) is 36.2. The smallest absolute Gasteiger partial charge is 0.143 e. The van der Waals surface area contributed by atoms with Crippen molar-refractivity contribution >= 4 is 26.7 Å². The largest absolute Gasteiger partial charge is 0.455 e. The molecule has 142 valence electrons. The van der Waals surface area contributed by atoms with Gasteiger partial charge in [0.2, 0.25) is 0 Å². The minimum Gasteiger partial charge on any atom is -0.455 e. The first kappa shape index (κ1) is 17.5. The SMILES string of the molecule is Brc1ccc(-c2cccc(-c3cccc4c3Oc3cccc5cccc-4c35)c2)cc1. The standard InChI is InChI=1S/C28H17BrO/c29-22-15-13-18(14-16-22)20-7-1-8-21(17-20)23-9-4-11-25-24-10-2-5-19-6-3-12-26(27(19)24)30-28(23)25/h1-17H. The van der Waals surface area contributed by atoms with E-state index in [1.807, 2.05) is 0 Å². The van der Waals surface area contributed by atoms with E-state index in [1.54, 1.807) is 0 Å². The van der Waals surface area contributed by atoms with Crippen molar-refractivity contribution in [3.05, 3.63) is 108 Å². The van der Waals surface area contributed by atoms with Crippen molar-refractivity contribution in [2.45, 2.75) is 0 Å². The van der Waals surface area contributed by atoms with Crippen LogP contribution in [-0.2, 0) is 0 Å². The highest BCUT2D eigenvalue weighted by molar-refractivity contribution is 9.10. The minimum absolute atomic E-state index is 0.923. The van der Waals surface area contributed by atoms with E-state index >= 15 is 0 Å². The Morgan fingerprint density at radius 1 is 0.533 bits per heavy atom. The van der Waals surface area contributed by atoms with Gasteiger partial charge in [-0.15, -0.1) is 0 Å². The lowest BCUT2D eigenvalue weighted by molar-refractivity contribution is 0.489. The molecule has 5 aromatic rings. The molecule has 0 radical (unpaired) electrons. The molecule has 5 aromatic carbocycles. The van der Waals surface area contributed by atoms with Crippen molar-refractivity contribution in [3.8, 4) is 44.9 Å². The van der Waals surface area contributed by atoms with Crippen LogP contribution in [0.15, 0.2) is 108 Å². The van der Waals surface area contributed by atoms with E-state index in [-0.39, 0.29) is 0 Å². The number of benzene rings is 5. The molecule has 6 rings (SSSR count). The molecule has 0 amide bonds. The van der Waals surface area contributed by atoms with Crippen molar-refractivity contribution in [1.82, 2.24) is 0 Å². The Labute approximate surface area is 183 Å². The van der Waals surface area contributed by atoms with E-state index in [9.17, 15) is 0 Å². The van der Waals surface area contributed by atoms with Gasteiger partial charge in [-0.25, -0.2) is 0 Å². The quantitative estimate of drug-likeness (QED) is 0.257. The van der Waals surface area contributed by atoms with Gasteiger partial charge in [-0.1, -0.05) is 94.8 Å². The molecular weight excluding hydrogens is 432 g/mol. The Morgan fingerprint density at radius 2 is 1.20 bits per heavy atom. The van der Waals surface area contributed by atoms with Gasteiger partial charge in [0.15, 0.2) is 0 Å². The van der Waals surface area contributed by atoms with Gasteiger partial charge in [0.25, 0.3) is 0 Å². The second-order valence-corrected chi connectivity index (χ2v) is 8.45. The van der Waals surface area contributed by atoms with Crippen LogP contribution in [0.5, 0.6) is 11.5 Å². The third kappa shape index (κ3) is 2.76. The minimum atomic E-state index is 0.923. The predicted octanol–water partition coefficient (Wildman–Crippen LogP) is 8.71. The van der Waals surface area contributed by atoms with E-state index in [1.165, 1.54) is 27.5 Å². The van der Waals surface area contributed by atoms with E-state index in [2.05, 4.69) is 119 Å². The number of hydrogen-bond acceptors (Lipinski definition) is 1. The molecule has 0 saturated heterocycles. The van der Waals surface area contributed by atoms with Crippen LogP contribution >= 0.6 is 15.9 Å². The lowest BCUT2D eigenvalue weighted by atomic mass is 9.91. The zero-order valence-corrected chi connectivity index (χ0v) is 17.7. The van der Waals surface area contributed by atoms with Gasteiger partial charge in [-0.2, -0.15) is 0 Å². The third-order valence-electron chi connectivity index (χ3n) is 5.73. The average Bonchev–Trinajstić information content (AvgIpc) is 2.80. The first-order valence-corrected chi connectivity index (χ1v) is 10.8. The Hall–Kier alpha value is -3.36. The summed E-state index contributed by atoms with van der Waals surface area (Å²) >= 11 is 3.52. The number of hydrogen-bond donors (Lipinski definition) is 0. The van der Waals surface area contributed by atoms with E-state index < -0.39 is 0 Å². The maximum Gasteiger partial charge on any atom is 0.143 e. The Kier molecular flexibility index (Phi) is 4.00. The summed E-state index contributed by atoms with van der Waals surface area (Å²) in [6.45, 7) is 0. The lowest BCUT2D eigenvalue weighted by Crippen LogP contribution is -1.98. The fourth-order valence-electron chi connectivity index (χ4n) is 4.32. The predicted molar refractivity (Wildman–Crippen MR) is 128 cm³/mol. The molecule has 0 aromatic heterocycles. The zero-order valence-electron chi connectivity index (χ0n) is 16.1. The number of ether oxygens (including phenoxy) is 1. The fraction of sp³-hybridized carbons (Fsp3) is 0. The molecule has 0 unspecified atom stereocenters. The Morgan fingerprint density at radius 3 is 2.07 bits per heavy atom. The van der Waals surface area contributed by atoms with Crippen LogP contribution in [0, 0.1) is 0 Å². The summed E-state index contributed by atoms with van der Waals surface area (Å²) < 4.78 is 7.57. The maximum atomic E-state index is 6.49. The molecule has 30 heavy (non-hydrogen) atoms. The molecule has 0 N–H and O–H groups in total. The summed E-state index contributed by atoms with van der Waals surface area (Å²) in [5, 5.41) is 2.39. The summed E-state index contributed by atoms with van der Waals surface area (Å²) in [5.74, 6) is 1.85. The average molecular weight is 449 g/mol. The van der Waals surface area contributed by atoms with Crippen LogP contribution < -0.4 is 4.74 Å². The molecular formula is C28H17BrO. The van der Waals surface area contributed by atoms with Crippen LogP contribution in [0.3, 0.4) is 0 Å². The van der Waals surface area contributed by atoms with Crippen LogP contribution in [0.4, 0.5) is 0 Å². The molecule has 1 aliphatic rings. The molecule has 1 aliphatic heterocycles. The first-order chi connectivity index (χ1) is 14.8. The highest BCUT2D eigenvalue weighted by Gasteiger charge is 2.22. The third-order valence-corrected chi connectivity index (χ3v) is 6.26. The van der Waals surface area contributed by atoms with Crippen LogP contribution in [0.25, 0.3) is 44.2 Å². The zero-order chi connectivity index (χ0) is 20.1. The van der Waals surface area contributed by atoms with Gasteiger partial charge in [0.1, 0.15) is 11.5 Å². The van der Waals surface area contributed by atoms with Crippen LogP contribution in [0.1, 0.15) is 0 Å². The van der Waals surface area contributed by atoms with Crippen LogP contribution in [-0.4, -0.2) is 0 Å². The number of halogens is 1. The molecule has 1 nitrogen and oxygen atoms in total. The summed E-state index contributed by atoms with van der Waals surface area (Å²) in [5.41, 5.74) is 7.02. The summed E-state index contributed by atoms with van der Waals surface area (Å²) in [6.07, 6.45) is 0. The lowest BCUT2D eigenvalue weighted by Gasteiger charge is -2.23. The van der Waals surface area contributed by atoms with Crippen molar-refractivity contribution < 1.29 is 4.74 Å². The van der Waals surface area contributed by atoms with E-state index in [0.717, 1.165) is 32.7 Å². The van der Waals surface area contributed by atoms with E-state index in [0.29, 0.717) is 0 Å². The topological polar surface area (TPSA) is 9.23 Å². The van der Waals surface area contributed by atoms with Crippen molar-refractivity contribution in [1.29, 1.82) is 0 Å². The number of rotatable bonds is 2. The fourth-order valence-corrected chi connectivity index (χ4v) is 4.59. The van der Waals surface area contributed by atoms with Gasteiger partial charge in [-0.3, -0.25) is 0 Å². The Bertz CT molecular complexity index is 1410. The molecule has 0 bridgehead atoms. The van der Waals surface area contributed by atoms with Crippen molar-refractivity contribution in [2.75, 3.05) is 0 Å². The van der Waals surface area contributed by atoms with Gasteiger partial charge in [-0.05, 0) is 51.9 Å². The molecule has 0 atom stereocenters. The maximum absolute atomic E-state index is 6.49.